The van der Waals surface area contributed by atoms with Crippen LogP contribution in [0.25, 0.3) is 0 Å². The highest BCUT2D eigenvalue weighted by molar-refractivity contribution is 4.99. The first-order valence-electron chi connectivity index (χ1n) is 11.3. The molecule has 0 saturated carbocycles. The van der Waals surface area contributed by atoms with Crippen LogP contribution in [0.1, 0.15) is 64.2 Å². The molecule has 4 aliphatic heterocycles. The fraction of sp³-hybridized carbons (Fsp3) is 0.909. The molecule has 0 aromatic rings. The molecule has 4 nitrogen and oxygen atoms in total. The monoisotopic (exact) mass is 361 g/mol. The quantitative estimate of drug-likeness (QED) is 0.759. The Kier molecular flexibility index (Phi) is 6.68. The highest BCUT2D eigenvalue weighted by Gasteiger charge is 2.40. The third kappa shape index (κ3) is 4.52. The molecule has 5 aliphatic rings. The van der Waals surface area contributed by atoms with E-state index in [9.17, 15) is 0 Å². The molecule has 4 heterocycles. The first kappa shape index (κ1) is 18.9. The molecule has 3 N–H and O–H groups in total. The largest absolute Gasteiger partial charge is 0.372 e. The average molecular weight is 362 g/mol. The van der Waals surface area contributed by atoms with Gasteiger partial charge in [-0.2, -0.15) is 0 Å². The number of ether oxygens (including phenoxy) is 1. The topological polar surface area (TPSA) is 50.5 Å². The summed E-state index contributed by atoms with van der Waals surface area (Å²) in [6.07, 6.45) is 18.4. The molecule has 5 atom stereocenters. The summed E-state index contributed by atoms with van der Waals surface area (Å²) in [5.41, 5.74) is 6.80. The van der Waals surface area contributed by atoms with E-state index in [1.165, 1.54) is 70.9 Å². The zero-order valence-electron chi connectivity index (χ0n) is 16.5. The molecule has 4 saturated heterocycles. The Morgan fingerprint density at radius 2 is 1.73 bits per heavy atom. The van der Waals surface area contributed by atoms with Crippen molar-refractivity contribution < 1.29 is 4.74 Å². The summed E-state index contributed by atoms with van der Waals surface area (Å²) in [7, 11) is 0. The molecular formula is C22H39N3O. The second-order valence-corrected chi connectivity index (χ2v) is 9.16. The lowest BCUT2D eigenvalue weighted by atomic mass is 9.80. The smallest absolute Gasteiger partial charge is 0.0757 e. The minimum Gasteiger partial charge on any atom is -0.372 e. The maximum Gasteiger partial charge on any atom is 0.0757 e. The van der Waals surface area contributed by atoms with Crippen molar-refractivity contribution in [2.24, 2.45) is 17.6 Å². The Labute approximate surface area is 159 Å². The van der Waals surface area contributed by atoms with E-state index in [1.807, 2.05) is 0 Å². The minimum atomic E-state index is 0.139. The van der Waals surface area contributed by atoms with Gasteiger partial charge < -0.3 is 20.7 Å². The van der Waals surface area contributed by atoms with Crippen LogP contribution in [-0.2, 0) is 4.74 Å². The first-order chi connectivity index (χ1) is 12.8. The number of allylic oxidation sites excluding steroid dienone is 2. The number of nitrogens with two attached hydrogens (primary N) is 1. The lowest BCUT2D eigenvalue weighted by Gasteiger charge is -2.48. The van der Waals surface area contributed by atoms with Crippen molar-refractivity contribution in [3.8, 4) is 0 Å². The van der Waals surface area contributed by atoms with E-state index in [1.54, 1.807) is 0 Å². The molecule has 0 amide bonds. The Morgan fingerprint density at radius 1 is 0.885 bits per heavy atom. The Bertz CT molecular complexity index is 460. The molecule has 0 aromatic carbocycles. The van der Waals surface area contributed by atoms with Crippen molar-refractivity contribution in [1.82, 2.24) is 10.2 Å². The third-order valence-corrected chi connectivity index (χ3v) is 7.41. The van der Waals surface area contributed by atoms with E-state index in [2.05, 4.69) is 22.4 Å². The highest BCUT2D eigenvalue weighted by atomic mass is 16.5. The summed E-state index contributed by atoms with van der Waals surface area (Å²) in [5, 5.41) is 3.77. The van der Waals surface area contributed by atoms with Crippen molar-refractivity contribution in [1.29, 1.82) is 0 Å². The van der Waals surface area contributed by atoms with Gasteiger partial charge >= 0.3 is 0 Å². The number of hydrogen-bond donors (Lipinski definition) is 2. The van der Waals surface area contributed by atoms with E-state index in [0.29, 0.717) is 18.1 Å². The van der Waals surface area contributed by atoms with Gasteiger partial charge in [-0.15, -0.1) is 0 Å². The molecule has 0 aromatic heterocycles. The number of piperidine rings is 4. The molecule has 4 heteroatoms. The molecule has 148 valence electrons. The standard InChI is InChI=1S/C22H39N3O/c23-21-19(26-20-16-25-14-11-17(20)12-15-25)10-13-24-22(21)18-8-6-4-2-1-3-5-7-9-18/h4,6,17-22,24H,1-3,5,7-16,23H2/b6-4-/t18?,19?,20-,21?,22?/m0/s1. The van der Waals surface area contributed by atoms with Crippen molar-refractivity contribution in [2.45, 2.75) is 88.5 Å². The number of nitrogens with zero attached hydrogens (tertiary/aromatic N) is 1. The first-order valence-corrected chi connectivity index (χ1v) is 11.3. The van der Waals surface area contributed by atoms with Crippen molar-refractivity contribution >= 4 is 0 Å². The molecule has 2 bridgehead atoms. The van der Waals surface area contributed by atoms with Crippen LogP contribution in [0.3, 0.4) is 0 Å². The van der Waals surface area contributed by atoms with Crippen LogP contribution in [0.4, 0.5) is 0 Å². The molecule has 1 aliphatic carbocycles. The van der Waals surface area contributed by atoms with Gasteiger partial charge in [0, 0.05) is 18.6 Å². The molecule has 0 radical (unpaired) electrons. The molecule has 26 heavy (non-hydrogen) atoms. The maximum absolute atomic E-state index is 6.80. The molecule has 4 unspecified atom stereocenters. The van der Waals surface area contributed by atoms with E-state index in [4.69, 9.17) is 10.5 Å². The summed E-state index contributed by atoms with van der Waals surface area (Å²) >= 11 is 0. The lowest BCUT2D eigenvalue weighted by molar-refractivity contribution is -0.120. The van der Waals surface area contributed by atoms with Crippen molar-refractivity contribution in [3.05, 3.63) is 12.2 Å². The van der Waals surface area contributed by atoms with Gasteiger partial charge in [0.2, 0.25) is 0 Å². The van der Waals surface area contributed by atoms with E-state index in [0.717, 1.165) is 25.4 Å². The predicted octanol–water partition coefficient (Wildman–Crippen LogP) is 3.07. The van der Waals surface area contributed by atoms with E-state index >= 15 is 0 Å². The fourth-order valence-corrected chi connectivity index (χ4v) is 5.74. The van der Waals surface area contributed by atoms with Crippen LogP contribution in [0.2, 0.25) is 0 Å². The van der Waals surface area contributed by atoms with Crippen LogP contribution in [0.5, 0.6) is 0 Å². The Hall–Kier alpha value is -0.420. The van der Waals surface area contributed by atoms with E-state index in [-0.39, 0.29) is 12.1 Å². The number of rotatable bonds is 3. The van der Waals surface area contributed by atoms with Gasteiger partial charge in [0.15, 0.2) is 0 Å². The predicted molar refractivity (Wildman–Crippen MR) is 107 cm³/mol. The zero-order chi connectivity index (χ0) is 17.8. The van der Waals surface area contributed by atoms with Gasteiger partial charge in [0.1, 0.15) is 0 Å². The van der Waals surface area contributed by atoms with Crippen molar-refractivity contribution in [3.63, 3.8) is 0 Å². The SMILES string of the molecule is NC1C(O[C@H]2CN3CCC2CC3)CCNC1C1C/C=C\CCCCCC1. The second-order valence-electron chi connectivity index (χ2n) is 9.16. The van der Waals surface area contributed by atoms with Crippen molar-refractivity contribution in [2.75, 3.05) is 26.2 Å². The fourth-order valence-electron chi connectivity index (χ4n) is 5.74. The minimum absolute atomic E-state index is 0.139. The molecule has 4 fully saturated rings. The van der Waals surface area contributed by atoms with Gasteiger partial charge in [-0.05, 0) is 76.4 Å². The van der Waals surface area contributed by atoms with E-state index < -0.39 is 0 Å². The van der Waals surface area contributed by atoms with Gasteiger partial charge in [0.25, 0.3) is 0 Å². The average Bonchev–Trinajstić information content (AvgIpc) is 2.69. The summed E-state index contributed by atoms with van der Waals surface area (Å²) in [5.74, 6) is 1.44. The third-order valence-electron chi connectivity index (χ3n) is 7.41. The normalized spacial score (nSPS) is 46.0. The lowest BCUT2D eigenvalue weighted by Crippen LogP contribution is -2.62. The summed E-state index contributed by atoms with van der Waals surface area (Å²) < 4.78 is 6.68. The van der Waals surface area contributed by atoms with Crippen LogP contribution < -0.4 is 11.1 Å². The van der Waals surface area contributed by atoms with Gasteiger partial charge in [-0.3, -0.25) is 0 Å². The van der Waals surface area contributed by atoms with Gasteiger partial charge in [-0.25, -0.2) is 0 Å². The number of fused-ring (bicyclic) bond motifs is 3. The van der Waals surface area contributed by atoms with Crippen LogP contribution in [0.15, 0.2) is 12.2 Å². The molecule has 0 spiro atoms. The Morgan fingerprint density at radius 3 is 2.54 bits per heavy atom. The summed E-state index contributed by atoms with van der Waals surface area (Å²) in [4.78, 5) is 2.58. The van der Waals surface area contributed by atoms with Crippen LogP contribution in [-0.4, -0.2) is 55.4 Å². The molecule has 5 rings (SSSR count). The second kappa shape index (κ2) is 9.18. The van der Waals surface area contributed by atoms with Gasteiger partial charge in [-0.1, -0.05) is 31.4 Å². The maximum atomic E-state index is 6.80. The Balaban J connectivity index is 1.36. The van der Waals surface area contributed by atoms with Gasteiger partial charge in [0.05, 0.1) is 12.2 Å². The van der Waals surface area contributed by atoms with Crippen LogP contribution in [0, 0.1) is 11.8 Å². The summed E-state index contributed by atoms with van der Waals surface area (Å²) in [6.45, 7) is 4.75. The summed E-state index contributed by atoms with van der Waals surface area (Å²) in [6, 6.07) is 0.555. The zero-order valence-corrected chi connectivity index (χ0v) is 16.5. The highest BCUT2D eigenvalue weighted by Crippen LogP contribution is 2.33. The number of nitrogens with one attached hydrogen (secondary N) is 1. The molecular weight excluding hydrogens is 322 g/mol. The van der Waals surface area contributed by atoms with Crippen LogP contribution >= 0.6 is 0 Å². The number of hydrogen-bond acceptors (Lipinski definition) is 4.